The standard InChI is InChI=1S/C20H40/c1-8-17(9-2)13-18(10-3)14(5)12-20-16(7)15(6)19(20)11-4/h14-20H,8-13H2,1-7H3. The first-order chi connectivity index (χ1) is 9.49. The van der Waals surface area contributed by atoms with Crippen LogP contribution in [0, 0.1) is 41.4 Å². The SMILES string of the molecule is CCC(CC)CC(CC)C(C)CC1C(C)C(C)C1CC. The molecule has 6 atom stereocenters. The van der Waals surface area contributed by atoms with Crippen molar-refractivity contribution in [3.05, 3.63) is 0 Å². The Bertz CT molecular complexity index is 253. The van der Waals surface area contributed by atoms with Crippen molar-refractivity contribution in [2.45, 2.75) is 87.0 Å². The number of hydrogen-bond acceptors (Lipinski definition) is 0. The van der Waals surface area contributed by atoms with Crippen LogP contribution < -0.4 is 0 Å². The average molecular weight is 281 g/mol. The molecule has 0 bridgehead atoms. The molecule has 0 aromatic rings. The van der Waals surface area contributed by atoms with Crippen LogP contribution in [0.4, 0.5) is 0 Å². The van der Waals surface area contributed by atoms with E-state index in [1.165, 1.54) is 38.5 Å². The first kappa shape index (κ1) is 18.1. The average Bonchev–Trinajstić information content (AvgIpc) is 2.47. The summed E-state index contributed by atoms with van der Waals surface area (Å²) in [5.41, 5.74) is 0. The van der Waals surface area contributed by atoms with Crippen molar-refractivity contribution in [1.29, 1.82) is 0 Å². The van der Waals surface area contributed by atoms with Gasteiger partial charge in [-0.05, 0) is 54.3 Å². The second kappa shape index (κ2) is 8.44. The van der Waals surface area contributed by atoms with Gasteiger partial charge in [-0.1, -0.05) is 74.1 Å². The topological polar surface area (TPSA) is 0 Å². The fourth-order valence-corrected chi connectivity index (χ4v) is 4.95. The molecule has 1 rings (SSSR count). The molecule has 20 heavy (non-hydrogen) atoms. The second-order valence-electron chi connectivity index (χ2n) is 7.75. The van der Waals surface area contributed by atoms with Crippen molar-refractivity contribution in [1.82, 2.24) is 0 Å². The molecule has 0 saturated heterocycles. The van der Waals surface area contributed by atoms with Crippen molar-refractivity contribution in [2.75, 3.05) is 0 Å². The maximum absolute atomic E-state index is 2.54. The highest BCUT2D eigenvalue weighted by molar-refractivity contribution is 4.92. The first-order valence-electron chi connectivity index (χ1n) is 9.49. The van der Waals surface area contributed by atoms with Gasteiger partial charge in [-0.3, -0.25) is 0 Å². The summed E-state index contributed by atoms with van der Waals surface area (Å²) in [7, 11) is 0. The maximum Gasteiger partial charge on any atom is -0.0352 e. The van der Waals surface area contributed by atoms with Crippen LogP contribution in [0.1, 0.15) is 87.0 Å². The Morgan fingerprint density at radius 1 is 0.800 bits per heavy atom. The molecule has 1 saturated carbocycles. The van der Waals surface area contributed by atoms with E-state index in [0.717, 1.165) is 41.4 Å². The molecule has 1 aliphatic rings. The molecule has 0 spiro atoms. The summed E-state index contributed by atoms with van der Waals surface area (Å²) in [5, 5.41) is 0. The molecule has 0 N–H and O–H groups in total. The summed E-state index contributed by atoms with van der Waals surface area (Å²) in [4.78, 5) is 0. The lowest BCUT2D eigenvalue weighted by molar-refractivity contribution is -0.0220. The first-order valence-corrected chi connectivity index (χ1v) is 9.49. The number of rotatable bonds is 9. The van der Waals surface area contributed by atoms with Crippen LogP contribution in [0.15, 0.2) is 0 Å². The zero-order valence-corrected chi connectivity index (χ0v) is 15.3. The fourth-order valence-electron chi connectivity index (χ4n) is 4.95. The largest absolute Gasteiger partial charge is 0.0651 e. The molecular formula is C20H40. The van der Waals surface area contributed by atoms with Gasteiger partial charge < -0.3 is 0 Å². The van der Waals surface area contributed by atoms with Crippen LogP contribution in [0.5, 0.6) is 0 Å². The van der Waals surface area contributed by atoms with E-state index < -0.39 is 0 Å². The molecule has 1 fully saturated rings. The third-order valence-corrected chi connectivity index (χ3v) is 6.97. The van der Waals surface area contributed by atoms with Gasteiger partial charge in [0, 0.05) is 0 Å². The van der Waals surface area contributed by atoms with Crippen LogP contribution >= 0.6 is 0 Å². The fraction of sp³-hybridized carbons (Fsp3) is 1.00. The lowest BCUT2D eigenvalue weighted by Crippen LogP contribution is -2.44. The van der Waals surface area contributed by atoms with Crippen LogP contribution in [0.3, 0.4) is 0 Å². The molecule has 0 heterocycles. The van der Waals surface area contributed by atoms with E-state index in [0.29, 0.717) is 0 Å². The van der Waals surface area contributed by atoms with Crippen molar-refractivity contribution < 1.29 is 0 Å². The predicted octanol–water partition coefficient (Wildman–Crippen LogP) is 6.79. The molecule has 0 nitrogen and oxygen atoms in total. The third-order valence-electron chi connectivity index (χ3n) is 6.97. The smallest absolute Gasteiger partial charge is 0.0352 e. The van der Waals surface area contributed by atoms with Crippen molar-refractivity contribution >= 4 is 0 Å². The van der Waals surface area contributed by atoms with Gasteiger partial charge in [0.25, 0.3) is 0 Å². The number of hydrogen-bond donors (Lipinski definition) is 0. The molecule has 0 aliphatic heterocycles. The second-order valence-corrected chi connectivity index (χ2v) is 7.75. The Morgan fingerprint density at radius 3 is 1.80 bits per heavy atom. The Morgan fingerprint density at radius 2 is 1.35 bits per heavy atom. The van der Waals surface area contributed by atoms with E-state index in [2.05, 4.69) is 48.5 Å². The van der Waals surface area contributed by atoms with E-state index in [1.54, 1.807) is 0 Å². The Balaban J connectivity index is 2.52. The quantitative estimate of drug-likeness (QED) is 0.436. The van der Waals surface area contributed by atoms with Crippen LogP contribution in [-0.4, -0.2) is 0 Å². The van der Waals surface area contributed by atoms with Gasteiger partial charge in [-0.25, -0.2) is 0 Å². The highest BCUT2D eigenvalue weighted by Gasteiger charge is 2.44. The lowest BCUT2D eigenvalue weighted by Gasteiger charge is -2.51. The summed E-state index contributed by atoms with van der Waals surface area (Å²) >= 11 is 0. The van der Waals surface area contributed by atoms with Gasteiger partial charge >= 0.3 is 0 Å². The summed E-state index contributed by atoms with van der Waals surface area (Å²) < 4.78 is 0. The monoisotopic (exact) mass is 280 g/mol. The van der Waals surface area contributed by atoms with E-state index >= 15 is 0 Å². The van der Waals surface area contributed by atoms with Gasteiger partial charge in [-0.15, -0.1) is 0 Å². The summed E-state index contributed by atoms with van der Waals surface area (Å²) in [5.74, 6) is 6.81. The molecule has 0 amide bonds. The normalized spacial score (nSPS) is 33.0. The zero-order chi connectivity index (χ0) is 15.3. The van der Waals surface area contributed by atoms with Crippen molar-refractivity contribution in [3.63, 3.8) is 0 Å². The van der Waals surface area contributed by atoms with Gasteiger partial charge in [0.1, 0.15) is 0 Å². The van der Waals surface area contributed by atoms with Crippen LogP contribution in [0.2, 0.25) is 0 Å². The summed E-state index contributed by atoms with van der Waals surface area (Å²) in [6.07, 6.45) is 8.47. The van der Waals surface area contributed by atoms with E-state index in [4.69, 9.17) is 0 Å². The Kier molecular flexibility index (Phi) is 7.62. The Labute approximate surface area is 129 Å². The minimum atomic E-state index is 0.926. The Hall–Kier alpha value is 0. The molecule has 0 radical (unpaired) electrons. The van der Waals surface area contributed by atoms with Crippen LogP contribution in [-0.2, 0) is 0 Å². The van der Waals surface area contributed by atoms with E-state index in [9.17, 15) is 0 Å². The molecule has 1 aliphatic carbocycles. The molecule has 0 aromatic carbocycles. The molecule has 120 valence electrons. The van der Waals surface area contributed by atoms with Gasteiger partial charge in [0.15, 0.2) is 0 Å². The zero-order valence-electron chi connectivity index (χ0n) is 15.3. The van der Waals surface area contributed by atoms with Gasteiger partial charge in [0.2, 0.25) is 0 Å². The molecular weight excluding hydrogens is 240 g/mol. The van der Waals surface area contributed by atoms with Gasteiger partial charge in [-0.2, -0.15) is 0 Å². The summed E-state index contributed by atoms with van der Waals surface area (Å²) in [6, 6.07) is 0. The molecule has 0 heteroatoms. The molecule has 0 aromatic heterocycles. The van der Waals surface area contributed by atoms with Crippen molar-refractivity contribution in [2.24, 2.45) is 41.4 Å². The lowest BCUT2D eigenvalue weighted by atomic mass is 9.54. The minimum Gasteiger partial charge on any atom is -0.0651 e. The third kappa shape index (κ3) is 4.01. The maximum atomic E-state index is 2.54. The van der Waals surface area contributed by atoms with Crippen molar-refractivity contribution in [3.8, 4) is 0 Å². The predicted molar refractivity (Wildman–Crippen MR) is 91.9 cm³/mol. The van der Waals surface area contributed by atoms with Gasteiger partial charge in [0.05, 0.1) is 0 Å². The molecule has 6 unspecified atom stereocenters. The highest BCUT2D eigenvalue weighted by atomic mass is 14.5. The van der Waals surface area contributed by atoms with E-state index in [-0.39, 0.29) is 0 Å². The van der Waals surface area contributed by atoms with E-state index in [1.807, 2.05) is 0 Å². The minimum absolute atomic E-state index is 0.926. The van der Waals surface area contributed by atoms with Crippen LogP contribution in [0.25, 0.3) is 0 Å². The summed E-state index contributed by atoms with van der Waals surface area (Å²) in [6.45, 7) is 17.1. The highest BCUT2D eigenvalue weighted by Crippen LogP contribution is 2.51.